The molecular weight excluding hydrogens is 620 g/mol. The summed E-state index contributed by atoms with van der Waals surface area (Å²) in [4.78, 5) is 0. The number of halogens is 2. The normalized spacial score (nSPS) is 11.4. The summed E-state index contributed by atoms with van der Waals surface area (Å²) in [7, 11) is 9.48. The van der Waals surface area contributed by atoms with Crippen molar-refractivity contribution in [1.29, 1.82) is 0 Å². The maximum Gasteiger partial charge on any atom is 0.104 e. The molecule has 0 fully saturated rings. The van der Waals surface area contributed by atoms with Crippen LogP contribution in [0.5, 0.6) is 0 Å². The Bertz CT molecular complexity index is 1130. The monoisotopic (exact) mass is 664 g/mol. The molecule has 0 unspecified atom stereocenters. The van der Waals surface area contributed by atoms with Crippen molar-refractivity contribution in [2.45, 2.75) is 38.8 Å². The van der Waals surface area contributed by atoms with Gasteiger partial charge in [-0.2, -0.15) is 0 Å². The molecule has 4 aromatic rings. The summed E-state index contributed by atoms with van der Waals surface area (Å²) in [5.74, 6) is 0. The molecule has 4 aromatic carbocycles. The third-order valence-corrected chi connectivity index (χ3v) is 7.62. The maximum atomic E-state index is 2.37. The van der Waals surface area contributed by atoms with Crippen LogP contribution in [0.3, 0.4) is 0 Å². The third kappa shape index (κ3) is 11.0. The highest BCUT2D eigenvalue weighted by Gasteiger charge is 2.17. The molecule has 0 N–H and O–H groups in total. The molecule has 0 saturated heterocycles. The summed E-state index contributed by atoms with van der Waals surface area (Å²) in [6.45, 7) is 4.63. The maximum absolute atomic E-state index is 2.37. The van der Waals surface area contributed by atoms with Crippen LogP contribution in [0.15, 0.2) is 109 Å². The second-order valence-electron chi connectivity index (χ2n) is 12.2. The standard InChI is InChI=1S/C36H46N2.2BrH/c1-37(2,29-31-19-23-35(24-20-31)33-15-9-7-10-16-33)27-13-5-6-14-28-38(3,4)30-32-21-25-36(26-22-32)34-17-11-8-12-18-34;;/h7-12,15-26H,5-6,13-14,27-30H2,1-4H3;2*1H/q+2;;/p-2. The number of quaternary nitrogens is 2. The van der Waals surface area contributed by atoms with Crippen LogP contribution in [0.25, 0.3) is 22.3 Å². The van der Waals surface area contributed by atoms with Gasteiger partial charge in [0, 0.05) is 11.1 Å². The van der Waals surface area contributed by atoms with Crippen molar-refractivity contribution in [1.82, 2.24) is 0 Å². The minimum absolute atomic E-state index is 0. The molecule has 0 aliphatic carbocycles. The minimum Gasteiger partial charge on any atom is -1.00 e. The van der Waals surface area contributed by atoms with Gasteiger partial charge in [-0.25, -0.2) is 0 Å². The molecule has 0 atom stereocenters. The zero-order chi connectivity index (χ0) is 26.8. The summed E-state index contributed by atoms with van der Waals surface area (Å²) in [6.07, 6.45) is 5.23. The Morgan fingerprint density at radius 2 is 0.675 bits per heavy atom. The van der Waals surface area contributed by atoms with Gasteiger partial charge in [0.25, 0.3) is 0 Å². The molecule has 0 aliphatic heterocycles. The van der Waals surface area contributed by atoms with Crippen LogP contribution in [-0.4, -0.2) is 50.2 Å². The van der Waals surface area contributed by atoms with Gasteiger partial charge in [0.1, 0.15) is 13.1 Å². The van der Waals surface area contributed by atoms with Crippen LogP contribution in [0, 0.1) is 0 Å². The lowest BCUT2D eigenvalue weighted by Crippen LogP contribution is -3.00. The molecule has 214 valence electrons. The molecule has 4 rings (SSSR count). The average molecular weight is 667 g/mol. The van der Waals surface area contributed by atoms with Gasteiger partial charge in [0.15, 0.2) is 0 Å². The molecule has 4 heteroatoms. The second-order valence-corrected chi connectivity index (χ2v) is 12.2. The lowest BCUT2D eigenvalue weighted by atomic mass is 10.0. The number of rotatable bonds is 13. The summed E-state index contributed by atoms with van der Waals surface area (Å²) in [6, 6.07) is 39.6. The molecule has 2 nitrogen and oxygen atoms in total. The Morgan fingerprint density at radius 3 is 1.00 bits per heavy atom. The van der Waals surface area contributed by atoms with E-state index in [4.69, 9.17) is 0 Å². The van der Waals surface area contributed by atoms with Gasteiger partial charge in [-0.15, -0.1) is 0 Å². The Balaban J connectivity index is 0.00000280. The molecule has 0 bridgehead atoms. The molecule has 0 radical (unpaired) electrons. The van der Waals surface area contributed by atoms with Gasteiger partial charge < -0.3 is 42.9 Å². The van der Waals surface area contributed by atoms with Gasteiger partial charge in [-0.3, -0.25) is 0 Å². The smallest absolute Gasteiger partial charge is 0.104 e. The van der Waals surface area contributed by atoms with Crippen LogP contribution < -0.4 is 34.0 Å². The molecule has 0 aromatic heterocycles. The molecule has 0 heterocycles. The molecule has 0 aliphatic rings. The zero-order valence-corrected chi connectivity index (χ0v) is 27.9. The fourth-order valence-corrected chi connectivity index (χ4v) is 5.45. The first-order chi connectivity index (χ1) is 18.3. The van der Waals surface area contributed by atoms with Crippen LogP contribution in [-0.2, 0) is 13.1 Å². The van der Waals surface area contributed by atoms with Gasteiger partial charge in [0.2, 0.25) is 0 Å². The lowest BCUT2D eigenvalue weighted by Gasteiger charge is -2.31. The van der Waals surface area contributed by atoms with E-state index < -0.39 is 0 Å². The first kappa shape index (κ1) is 34.0. The SMILES string of the molecule is C[N+](C)(CCCCCC[N+](C)(C)Cc1ccc(-c2ccccc2)cc1)Cc1ccc(-c2ccccc2)cc1.[Br-].[Br-]. The number of benzene rings is 4. The van der Waals surface area contributed by atoms with Crippen molar-refractivity contribution in [2.75, 3.05) is 41.3 Å². The lowest BCUT2D eigenvalue weighted by molar-refractivity contribution is -0.904. The zero-order valence-electron chi connectivity index (χ0n) is 24.7. The Hall–Kier alpha value is -2.24. The Kier molecular flexibility index (Phi) is 13.8. The third-order valence-electron chi connectivity index (χ3n) is 7.62. The molecular formula is C36H46Br2N2. The van der Waals surface area contributed by atoms with Crippen molar-refractivity contribution in [2.24, 2.45) is 0 Å². The van der Waals surface area contributed by atoms with E-state index in [2.05, 4.69) is 137 Å². The van der Waals surface area contributed by atoms with E-state index >= 15 is 0 Å². The van der Waals surface area contributed by atoms with Gasteiger partial charge in [0.05, 0.1) is 41.3 Å². The van der Waals surface area contributed by atoms with E-state index in [9.17, 15) is 0 Å². The Morgan fingerprint density at radius 1 is 0.375 bits per heavy atom. The molecule has 0 spiro atoms. The Labute approximate surface area is 264 Å². The summed E-state index contributed by atoms with van der Waals surface area (Å²) >= 11 is 0. The molecule has 0 saturated carbocycles. The predicted octanol–water partition coefficient (Wildman–Crippen LogP) is 2.44. The van der Waals surface area contributed by atoms with Crippen LogP contribution in [0.2, 0.25) is 0 Å². The van der Waals surface area contributed by atoms with Gasteiger partial charge in [-0.05, 0) is 47.9 Å². The quantitative estimate of drug-likeness (QED) is 0.152. The highest BCUT2D eigenvalue weighted by atomic mass is 79.9. The topological polar surface area (TPSA) is 0 Å². The van der Waals surface area contributed by atoms with Crippen molar-refractivity contribution < 1.29 is 42.9 Å². The van der Waals surface area contributed by atoms with E-state index in [0.29, 0.717) is 0 Å². The number of hydrogen-bond acceptors (Lipinski definition) is 0. The molecule has 40 heavy (non-hydrogen) atoms. The first-order valence-corrected chi connectivity index (χ1v) is 14.2. The van der Waals surface area contributed by atoms with Gasteiger partial charge >= 0.3 is 0 Å². The molecule has 0 amide bonds. The number of unbranched alkanes of at least 4 members (excludes halogenated alkanes) is 3. The fraction of sp³-hybridized carbons (Fsp3) is 0.333. The van der Waals surface area contributed by atoms with Crippen molar-refractivity contribution in [3.63, 3.8) is 0 Å². The van der Waals surface area contributed by atoms with Crippen molar-refractivity contribution in [3.8, 4) is 22.3 Å². The van der Waals surface area contributed by atoms with Gasteiger partial charge in [-0.1, -0.05) is 109 Å². The largest absolute Gasteiger partial charge is 1.00 e. The van der Waals surface area contributed by atoms with Crippen LogP contribution in [0.4, 0.5) is 0 Å². The summed E-state index contributed by atoms with van der Waals surface area (Å²) < 4.78 is 2.09. The van der Waals surface area contributed by atoms with Crippen LogP contribution >= 0.6 is 0 Å². The minimum atomic E-state index is 0. The van der Waals surface area contributed by atoms with E-state index in [-0.39, 0.29) is 34.0 Å². The second kappa shape index (κ2) is 16.3. The number of nitrogens with zero attached hydrogens (tertiary/aromatic N) is 2. The first-order valence-electron chi connectivity index (χ1n) is 14.2. The van der Waals surface area contributed by atoms with E-state index in [1.54, 1.807) is 0 Å². The highest BCUT2D eigenvalue weighted by molar-refractivity contribution is 5.64. The van der Waals surface area contributed by atoms with E-state index in [1.165, 1.54) is 72.2 Å². The summed E-state index contributed by atoms with van der Waals surface area (Å²) in [5.41, 5.74) is 8.01. The summed E-state index contributed by atoms with van der Waals surface area (Å²) in [5, 5.41) is 0. The van der Waals surface area contributed by atoms with Crippen molar-refractivity contribution >= 4 is 0 Å². The van der Waals surface area contributed by atoms with Crippen molar-refractivity contribution in [3.05, 3.63) is 120 Å². The fourth-order valence-electron chi connectivity index (χ4n) is 5.45. The van der Waals surface area contributed by atoms with Crippen LogP contribution in [0.1, 0.15) is 36.8 Å². The highest BCUT2D eigenvalue weighted by Crippen LogP contribution is 2.22. The number of hydrogen-bond donors (Lipinski definition) is 0. The average Bonchev–Trinajstić information content (AvgIpc) is 2.92. The van der Waals surface area contributed by atoms with E-state index in [0.717, 1.165) is 22.1 Å². The van der Waals surface area contributed by atoms with E-state index in [1.807, 2.05) is 0 Å². The predicted molar refractivity (Wildman–Crippen MR) is 164 cm³/mol.